The first-order valence-electron chi connectivity index (χ1n) is 10.7. The molecule has 0 spiro atoms. The number of para-hydroxylation sites is 1. The van der Waals surface area contributed by atoms with E-state index in [4.69, 9.17) is 14.3 Å². The first-order chi connectivity index (χ1) is 16.1. The highest BCUT2D eigenvalue weighted by atomic mass is 16.7. The highest BCUT2D eigenvalue weighted by Crippen LogP contribution is 2.49. The van der Waals surface area contributed by atoms with Gasteiger partial charge in [0.25, 0.3) is 5.91 Å². The van der Waals surface area contributed by atoms with Gasteiger partial charge in [0.2, 0.25) is 5.91 Å². The molecule has 2 heterocycles. The molecule has 5 rings (SSSR count). The van der Waals surface area contributed by atoms with E-state index >= 15 is 0 Å². The Bertz CT molecular complexity index is 1170. The van der Waals surface area contributed by atoms with Crippen LogP contribution in [0.5, 0.6) is 11.5 Å². The van der Waals surface area contributed by atoms with Crippen LogP contribution in [0.15, 0.2) is 78.9 Å². The number of likely N-dealkylation sites (tertiary alicyclic amines) is 1. The van der Waals surface area contributed by atoms with E-state index in [2.05, 4.69) is 0 Å². The Hall–Kier alpha value is -3.84. The van der Waals surface area contributed by atoms with Crippen molar-refractivity contribution in [3.63, 3.8) is 0 Å². The summed E-state index contributed by atoms with van der Waals surface area (Å²) >= 11 is 0. The van der Waals surface area contributed by atoms with Crippen molar-refractivity contribution < 1.29 is 23.9 Å². The molecule has 7 heteroatoms. The van der Waals surface area contributed by atoms with Crippen molar-refractivity contribution >= 4 is 17.5 Å². The van der Waals surface area contributed by atoms with E-state index in [0.717, 1.165) is 16.8 Å². The SMILES string of the molecule is COc1ccc(OC)c([C@@H]2[C@H]3C(=O)N(Cc4ccccc4)C(=O)[C@H]3ON2c2ccccc2)c1. The summed E-state index contributed by atoms with van der Waals surface area (Å²) in [5, 5.41) is 1.66. The third-order valence-corrected chi connectivity index (χ3v) is 6.16. The zero-order valence-electron chi connectivity index (χ0n) is 18.4. The highest BCUT2D eigenvalue weighted by Gasteiger charge is 2.60. The van der Waals surface area contributed by atoms with Crippen molar-refractivity contribution in [2.45, 2.75) is 18.7 Å². The van der Waals surface area contributed by atoms with Gasteiger partial charge in [-0.2, -0.15) is 0 Å². The Morgan fingerprint density at radius 2 is 1.55 bits per heavy atom. The minimum atomic E-state index is -0.915. The molecule has 0 saturated carbocycles. The van der Waals surface area contributed by atoms with Crippen molar-refractivity contribution in [1.29, 1.82) is 0 Å². The Labute approximate surface area is 192 Å². The average Bonchev–Trinajstić information content (AvgIpc) is 3.36. The van der Waals surface area contributed by atoms with Gasteiger partial charge in [0, 0.05) is 5.56 Å². The molecule has 168 valence electrons. The minimum Gasteiger partial charge on any atom is -0.497 e. The molecule has 0 N–H and O–H groups in total. The van der Waals surface area contributed by atoms with Crippen LogP contribution in [0.3, 0.4) is 0 Å². The number of hydrogen-bond donors (Lipinski definition) is 0. The summed E-state index contributed by atoms with van der Waals surface area (Å²) in [6, 6.07) is 23.8. The van der Waals surface area contributed by atoms with Crippen LogP contribution in [0.2, 0.25) is 0 Å². The number of carbonyl (C=O) groups is 2. The molecule has 7 nitrogen and oxygen atoms in total. The fraction of sp³-hybridized carbons (Fsp3) is 0.231. The number of fused-ring (bicyclic) bond motifs is 1. The van der Waals surface area contributed by atoms with Crippen LogP contribution in [0.1, 0.15) is 17.2 Å². The molecule has 0 bridgehead atoms. The van der Waals surface area contributed by atoms with E-state index in [1.807, 2.05) is 66.7 Å². The van der Waals surface area contributed by atoms with E-state index < -0.39 is 18.1 Å². The number of nitrogens with zero attached hydrogens (tertiary/aromatic N) is 2. The monoisotopic (exact) mass is 444 g/mol. The summed E-state index contributed by atoms with van der Waals surface area (Å²) < 4.78 is 11.1. The smallest absolute Gasteiger partial charge is 0.262 e. The van der Waals surface area contributed by atoms with Gasteiger partial charge in [-0.15, -0.1) is 0 Å². The van der Waals surface area contributed by atoms with E-state index in [-0.39, 0.29) is 18.4 Å². The molecule has 2 aliphatic heterocycles. The van der Waals surface area contributed by atoms with Crippen molar-refractivity contribution in [3.05, 3.63) is 90.0 Å². The fourth-order valence-electron chi connectivity index (χ4n) is 4.58. The van der Waals surface area contributed by atoms with E-state index in [0.29, 0.717) is 11.5 Å². The number of benzene rings is 3. The second-order valence-electron chi connectivity index (χ2n) is 8.01. The standard InChI is InChI=1S/C26H24N2O5/c1-31-19-13-14-21(32-2)20(15-19)23-22-24(33-28(23)18-11-7-4-8-12-18)26(30)27(25(22)29)16-17-9-5-3-6-10-17/h3-15,22-24H,16H2,1-2H3/t22-,23-,24+/m1/s1. The first kappa shape index (κ1) is 21.0. The zero-order chi connectivity index (χ0) is 22.9. The third kappa shape index (κ3) is 3.60. The lowest BCUT2D eigenvalue weighted by Crippen LogP contribution is -2.37. The lowest BCUT2D eigenvalue weighted by atomic mass is 9.89. The summed E-state index contributed by atoms with van der Waals surface area (Å²) in [6.07, 6.45) is -0.915. The quantitative estimate of drug-likeness (QED) is 0.540. The lowest BCUT2D eigenvalue weighted by Gasteiger charge is -2.29. The topological polar surface area (TPSA) is 68.3 Å². The molecule has 2 saturated heterocycles. The maximum absolute atomic E-state index is 13.6. The van der Waals surface area contributed by atoms with E-state index in [1.165, 1.54) is 4.90 Å². The van der Waals surface area contributed by atoms with E-state index in [9.17, 15) is 9.59 Å². The van der Waals surface area contributed by atoms with Crippen molar-refractivity contribution in [2.75, 3.05) is 19.3 Å². The van der Waals surface area contributed by atoms with Crippen LogP contribution < -0.4 is 14.5 Å². The van der Waals surface area contributed by atoms with Gasteiger partial charge in [0.15, 0.2) is 6.10 Å². The summed E-state index contributed by atoms with van der Waals surface area (Å²) in [5.74, 6) is -0.100. The van der Waals surface area contributed by atoms with Crippen LogP contribution in [-0.4, -0.2) is 37.0 Å². The molecule has 33 heavy (non-hydrogen) atoms. The van der Waals surface area contributed by atoms with Crippen LogP contribution in [0, 0.1) is 5.92 Å². The van der Waals surface area contributed by atoms with Gasteiger partial charge in [0.1, 0.15) is 23.5 Å². The summed E-state index contributed by atoms with van der Waals surface area (Å²) in [6.45, 7) is 0.210. The number of anilines is 1. The van der Waals surface area contributed by atoms with Gasteiger partial charge in [-0.25, -0.2) is 5.06 Å². The summed E-state index contributed by atoms with van der Waals surface area (Å²) in [4.78, 5) is 34.5. The molecule has 3 aromatic carbocycles. The van der Waals surface area contributed by atoms with Crippen molar-refractivity contribution in [3.8, 4) is 11.5 Å². The largest absolute Gasteiger partial charge is 0.497 e. The third-order valence-electron chi connectivity index (χ3n) is 6.16. The molecule has 3 atom stereocenters. The average molecular weight is 444 g/mol. The number of rotatable bonds is 6. The van der Waals surface area contributed by atoms with Gasteiger partial charge in [-0.1, -0.05) is 48.5 Å². The molecule has 3 aromatic rings. The first-order valence-corrected chi connectivity index (χ1v) is 10.7. The highest BCUT2D eigenvalue weighted by molar-refractivity contribution is 6.07. The number of hydrogen-bond acceptors (Lipinski definition) is 6. The van der Waals surface area contributed by atoms with Crippen molar-refractivity contribution in [2.24, 2.45) is 5.92 Å². The molecular weight excluding hydrogens is 420 g/mol. The molecular formula is C26H24N2O5. The summed E-state index contributed by atoms with van der Waals surface area (Å²) in [7, 11) is 3.16. The number of amides is 2. The lowest BCUT2D eigenvalue weighted by molar-refractivity contribution is -0.143. The molecule has 2 aliphatic rings. The normalized spacial score (nSPS) is 21.9. The Morgan fingerprint density at radius 3 is 2.21 bits per heavy atom. The molecule has 0 radical (unpaired) electrons. The van der Waals surface area contributed by atoms with Gasteiger partial charge in [0.05, 0.1) is 26.5 Å². The van der Waals surface area contributed by atoms with Gasteiger partial charge in [-0.3, -0.25) is 19.3 Å². The van der Waals surface area contributed by atoms with Gasteiger partial charge < -0.3 is 9.47 Å². The number of ether oxygens (including phenoxy) is 2. The number of hydroxylamine groups is 1. The fourth-order valence-corrected chi connectivity index (χ4v) is 4.58. The molecule has 0 aromatic heterocycles. The van der Waals surface area contributed by atoms with E-state index in [1.54, 1.807) is 31.4 Å². The van der Waals surface area contributed by atoms with Gasteiger partial charge >= 0.3 is 0 Å². The maximum atomic E-state index is 13.6. The van der Waals surface area contributed by atoms with Crippen LogP contribution in [0.4, 0.5) is 5.69 Å². The number of imide groups is 1. The minimum absolute atomic E-state index is 0.210. The van der Waals surface area contributed by atoms with Crippen LogP contribution in [-0.2, 0) is 21.0 Å². The maximum Gasteiger partial charge on any atom is 0.262 e. The Morgan fingerprint density at radius 1 is 0.848 bits per heavy atom. The van der Waals surface area contributed by atoms with Crippen LogP contribution in [0.25, 0.3) is 0 Å². The molecule has 2 amide bonds. The van der Waals surface area contributed by atoms with Crippen molar-refractivity contribution in [1.82, 2.24) is 4.90 Å². The second-order valence-corrected chi connectivity index (χ2v) is 8.01. The second kappa shape index (κ2) is 8.60. The number of methoxy groups -OCH3 is 2. The molecule has 0 unspecified atom stereocenters. The predicted octanol–water partition coefficient (Wildman–Crippen LogP) is 3.75. The van der Waals surface area contributed by atoms with Gasteiger partial charge in [-0.05, 0) is 35.9 Å². The van der Waals surface area contributed by atoms with Crippen LogP contribution >= 0.6 is 0 Å². The Balaban J connectivity index is 1.58. The predicted molar refractivity (Wildman–Crippen MR) is 122 cm³/mol. The number of carbonyl (C=O) groups excluding carboxylic acids is 2. The molecule has 0 aliphatic carbocycles. The zero-order valence-corrected chi connectivity index (χ0v) is 18.4. The molecule has 2 fully saturated rings. The summed E-state index contributed by atoms with van der Waals surface area (Å²) in [5.41, 5.74) is 2.35. The Kier molecular flexibility index (Phi) is 5.48.